The number of unbranched alkanes of at least 4 members (excludes halogenated alkanes) is 1. The molecule has 0 aromatic heterocycles. The minimum atomic E-state index is -0.470. The van der Waals surface area contributed by atoms with Crippen molar-refractivity contribution in [2.24, 2.45) is 10.9 Å². The maximum absolute atomic E-state index is 14.0. The van der Waals surface area contributed by atoms with Gasteiger partial charge in [-0.25, -0.2) is 4.39 Å². The van der Waals surface area contributed by atoms with Crippen LogP contribution < -0.4 is 11.1 Å². The molecule has 20 heavy (non-hydrogen) atoms. The lowest BCUT2D eigenvalue weighted by Gasteiger charge is -2.09. The van der Waals surface area contributed by atoms with E-state index in [-0.39, 0.29) is 11.4 Å². The van der Waals surface area contributed by atoms with Crippen molar-refractivity contribution in [2.45, 2.75) is 26.3 Å². The van der Waals surface area contributed by atoms with Gasteiger partial charge in [-0.3, -0.25) is 0 Å². The van der Waals surface area contributed by atoms with Gasteiger partial charge in [0.05, 0.1) is 12.2 Å². The van der Waals surface area contributed by atoms with Gasteiger partial charge in [-0.15, -0.1) is 0 Å². The fraction of sp³-hybridized carbons (Fsp3) is 0.500. The van der Waals surface area contributed by atoms with Crippen molar-refractivity contribution in [2.75, 3.05) is 19.8 Å². The summed E-state index contributed by atoms with van der Waals surface area (Å²) in [5.41, 5.74) is 5.98. The van der Waals surface area contributed by atoms with E-state index in [1.807, 2.05) is 0 Å². The van der Waals surface area contributed by atoms with Gasteiger partial charge in [0.15, 0.2) is 5.84 Å². The van der Waals surface area contributed by atoms with Gasteiger partial charge in [-0.2, -0.15) is 0 Å². The van der Waals surface area contributed by atoms with E-state index in [9.17, 15) is 4.39 Å². The predicted octanol–water partition coefficient (Wildman–Crippen LogP) is 1.83. The standard InChI is InChI=1S/C14H22FN3O2/c1-2-3-8-20-9-7-17-10-11-5-4-6-12(13(11)15)14(16)18-19/h4-6,17,19H,2-3,7-10H2,1H3,(H2,16,18). The van der Waals surface area contributed by atoms with Crippen molar-refractivity contribution in [3.8, 4) is 0 Å². The van der Waals surface area contributed by atoms with E-state index in [0.29, 0.717) is 25.3 Å². The Labute approximate surface area is 118 Å². The molecule has 0 aliphatic heterocycles. The molecule has 0 aliphatic carbocycles. The Kier molecular flexibility index (Phi) is 7.60. The summed E-state index contributed by atoms with van der Waals surface area (Å²) in [5, 5.41) is 14.5. The van der Waals surface area contributed by atoms with Gasteiger partial charge in [-0.05, 0) is 12.5 Å². The van der Waals surface area contributed by atoms with Crippen LogP contribution in [0.3, 0.4) is 0 Å². The quantitative estimate of drug-likeness (QED) is 0.212. The van der Waals surface area contributed by atoms with Crippen molar-refractivity contribution >= 4 is 5.84 Å². The van der Waals surface area contributed by atoms with Gasteiger partial charge in [0.2, 0.25) is 0 Å². The summed E-state index contributed by atoms with van der Waals surface area (Å²) in [7, 11) is 0. The number of halogens is 1. The summed E-state index contributed by atoms with van der Waals surface area (Å²) in [4.78, 5) is 0. The predicted molar refractivity (Wildman–Crippen MR) is 76.3 cm³/mol. The molecule has 1 aromatic rings. The van der Waals surface area contributed by atoms with Crippen LogP contribution in [0, 0.1) is 5.82 Å². The van der Waals surface area contributed by atoms with Crippen LogP contribution in [-0.2, 0) is 11.3 Å². The van der Waals surface area contributed by atoms with Gasteiger partial charge >= 0.3 is 0 Å². The number of rotatable bonds is 9. The first-order chi connectivity index (χ1) is 9.70. The number of hydrogen-bond acceptors (Lipinski definition) is 4. The van der Waals surface area contributed by atoms with Crippen LogP contribution in [0.2, 0.25) is 0 Å². The van der Waals surface area contributed by atoms with Crippen molar-refractivity contribution in [3.05, 3.63) is 35.1 Å². The van der Waals surface area contributed by atoms with E-state index in [1.54, 1.807) is 12.1 Å². The third-order valence-electron chi connectivity index (χ3n) is 2.84. The van der Waals surface area contributed by atoms with Crippen LogP contribution in [0.25, 0.3) is 0 Å². The smallest absolute Gasteiger partial charge is 0.173 e. The molecule has 0 bridgehead atoms. The number of benzene rings is 1. The maximum atomic E-state index is 14.0. The second-order valence-corrected chi connectivity index (χ2v) is 4.41. The number of nitrogens with one attached hydrogen (secondary N) is 1. The van der Waals surface area contributed by atoms with Gasteiger partial charge in [0, 0.05) is 25.3 Å². The molecule has 0 saturated carbocycles. The topological polar surface area (TPSA) is 79.9 Å². The number of ether oxygens (including phenoxy) is 1. The van der Waals surface area contributed by atoms with Crippen molar-refractivity contribution in [1.82, 2.24) is 5.32 Å². The maximum Gasteiger partial charge on any atom is 0.173 e. The lowest BCUT2D eigenvalue weighted by molar-refractivity contribution is 0.133. The van der Waals surface area contributed by atoms with Crippen molar-refractivity contribution in [1.29, 1.82) is 0 Å². The molecule has 112 valence electrons. The largest absolute Gasteiger partial charge is 0.409 e. The monoisotopic (exact) mass is 283 g/mol. The van der Waals surface area contributed by atoms with E-state index in [1.165, 1.54) is 6.07 Å². The van der Waals surface area contributed by atoms with Crippen molar-refractivity contribution < 1.29 is 14.3 Å². The molecule has 6 heteroatoms. The van der Waals surface area contributed by atoms with E-state index in [2.05, 4.69) is 17.4 Å². The highest BCUT2D eigenvalue weighted by atomic mass is 19.1. The minimum absolute atomic E-state index is 0.103. The average molecular weight is 283 g/mol. The zero-order valence-electron chi connectivity index (χ0n) is 11.7. The van der Waals surface area contributed by atoms with Crippen LogP contribution in [0.15, 0.2) is 23.4 Å². The van der Waals surface area contributed by atoms with Gasteiger partial charge in [0.1, 0.15) is 5.82 Å². The van der Waals surface area contributed by atoms with Crippen molar-refractivity contribution in [3.63, 3.8) is 0 Å². The van der Waals surface area contributed by atoms with E-state index in [0.717, 1.165) is 19.4 Å². The first kappa shape index (κ1) is 16.4. The highest BCUT2D eigenvalue weighted by molar-refractivity contribution is 5.97. The molecule has 0 heterocycles. The first-order valence-electron chi connectivity index (χ1n) is 6.74. The second-order valence-electron chi connectivity index (χ2n) is 4.41. The molecule has 0 unspecified atom stereocenters. The molecule has 0 atom stereocenters. The third-order valence-corrected chi connectivity index (χ3v) is 2.84. The van der Waals surface area contributed by atoms with Crippen LogP contribution in [0.5, 0.6) is 0 Å². The van der Waals surface area contributed by atoms with Crippen LogP contribution in [0.4, 0.5) is 4.39 Å². The number of nitrogens with zero attached hydrogens (tertiary/aromatic N) is 1. The molecule has 4 N–H and O–H groups in total. The zero-order chi connectivity index (χ0) is 14.8. The summed E-state index contributed by atoms with van der Waals surface area (Å²) in [6.07, 6.45) is 2.16. The Hall–Kier alpha value is -1.66. The van der Waals surface area contributed by atoms with E-state index >= 15 is 0 Å². The number of amidine groups is 1. The van der Waals surface area contributed by atoms with Crippen LogP contribution in [-0.4, -0.2) is 30.8 Å². The molecule has 0 spiro atoms. The molecule has 0 fully saturated rings. The summed E-state index contributed by atoms with van der Waals surface area (Å²) >= 11 is 0. The fourth-order valence-corrected chi connectivity index (χ4v) is 1.68. The SMILES string of the molecule is CCCCOCCNCc1cccc(/C(N)=N/O)c1F. The van der Waals surface area contributed by atoms with Gasteiger partial charge in [-0.1, -0.05) is 30.6 Å². The molecular weight excluding hydrogens is 261 g/mol. The molecule has 5 nitrogen and oxygen atoms in total. The first-order valence-corrected chi connectivity index (χ1v) is 6.74. The minimum Gasteiger partial charge on any atom is -0.409 e. The summed E-state index contributed by atoms with van der Waals surface area (Å²) < 4.78 is 19.4. The highest BCUT2D eigenvalue weighted by Gasteiger charge is 2.10. The van der Waals surface area contributed by atoms with Crippen LogP contribution in [0.1, 0.15) is 30.9 Å². The molecular formula is C14H22FN3O2. The summed E-state index contributed by atoms with van der Waals surface area (Å²) in [6.45, 7) is 4.48. The zero-order valence-corrected chi connectivity index (χ0v) is 11.7. The highest BCUT2D eigenvalue weighted by Crippen LogP contribution is 2.12. The third kappa shape index (κ3) is 5.14. The Morgan fingerprint density at radius 2 is 2.25 bits per heavy atom. The Bertz CT molecular complexity index is 438. The molecule has 0 amide bonds. The lowest BCUT2D eigenvalue weighted by Crippen LogP contribution is -2.21. The van der Waals surface area contributed by atoms with E-state index in [4.69, 9.17) is 15.7 Å². The Morgan fingerprint density at radius 3 is 2.95 bits per heavy atom. The molecule has 0 aliphatic rings. The molecule has 1 aromatic carbocycles. The lowest BCUT2D eigenvalue weighted by atomic mass is 10.1. The number of nitrogens with two attached hydrogens (primary N) is 1. The van der Waals surface area contributed by atoms with Gasteiger partial charge < -0.3 is 21.0 Å². The molecule has 0 radical (unpaired) electrons. The van der Waals surface area contributed by atoms with E-state index < -0.39 is 5.82 Å². The van der Waals surface area contributed by atoms with Gasteiger partial charge in [0.25, 0.3) is 0 Å². The average Bonchev–Trinajstić information content (AvgIpc) is 2.47. The number of oxime groups is 1. The normalized spacial score (nSPS) is 11.8. The molecule has 0 saturated heterocycles. The fourth-order valence-electron chi connectivity index (χ4n) is 1.68. The summed E-state index contributed by atoms with van der Waals surface area (Å²) in [6, 6.07) is 4.81. The summed E-state index contributed by atoms with van der Waals surface area (Å²) in [5.74, 6) is -0.700. The molecule has 1 rings (SSSR count). The van der Waals surface area contributed by atoms with Crippen LogP contribution >= 0.6 is 0 Å². The second kappa shape index (κ2) is 9.28. The number of hydrogen-bond donors (Lipinski definition) is 3. The Morgan fingerprint density at radius 1 is 1.45 bits per heavy atom. The Balaban J connectivity index is 2.41.